The molecule has 1 saturated heterocycles. The molecule has 0 aromatic carbocycles. The summed E-state index contributed by atoms with van der Waals surface area (Å²) in [4.78, 5) is 9.42. The number of ether oxygens (including phenoxy) is 1. The first-order valence-electron chi connectivity index (χ1n) is 10.1. The van der Waals surface area contributed by atoms with E-state index in [4.69, 9.17) is 14.8 Å². The van der Waals surface area contributed by atoms with Gasteiger partial charge in [0, 0.05) is 36.5 Å². The quantitative estimate of drug-likeness (QED) is 0.713. The average Bonchev–Trinajstić information content (AvgIpc) is 3.62. The maximum absolute atomic E-state index is 5.54. The van der Waals surface area contributed by atoms with Gasteiger partial charge in [-0.25, -0.2) is 14.5 Å². The van der Waals surface area contributed by atoms with Crippen molar-refractivity contribution in [3.63, 3.8) is 0 Å². The van der Waals surface area contributed by atoms with Crippen molar-refractivity contribution >= 4 is 11.5 Å². The van der Waals surface area contributed by atoms with Crippen LogP contribution in [0.15, 0.2) is 30.5 Å². The van der Waals surface area contributed by atoms with E-state index in [2.05, 4.69) is 21.7 Å². The number of methoxy groups -OCH3 is 1. The molecule has 0 radical (unpaired) electrons. The van der Waals surface area contributed by atoms with Crippen LogP contribution < -0.4 is 15.4 Å². The minimum Gasteiger partial charge on any atom is -0.495 e. The third kappa shape index (κ3) is 2.57. The van der Waals surface area contributed by atoms with Crippen molar-refractivity contribution in [2.75, 3.05) is 25.5 Å². The number of pyridine rings is 1. The monoisotopic (exact) mass is 376 g/mol. The Hall–Kier alpha value is -2.67. The van der Waals surface area contributed by atoms with Gasteiger partial charge < -0.3 is 15.4 Å². The molecule has 7 nitrogen and oxygen atoms in total. The zero-order valence-corrected chi connectivity index (χ0v) is 16.0. The minimum atomic E-state index is 0.443. The Bertz CT molecular complexity index is 1050. The van der Waals surface area contributed by atoms with E-state index in [0.717, 1.165) is 47.4 Å². The van der Waals surface area contributed by atoms with Crippen LogP contribution in [0.1, 0.15) is 37.3 Å². The maximum atomic E-state index is 5.54. The molecule has 0 amide bonds. The SMILES string of the molecule is COc1cc2ncc(-c3cccc(NC4CNCC45CC5)n3)n2nc1C1CC1. The molecule has 3 fully saturated rings. The fourth-order valence-electron chi connectivity index (χ4n) is 4.42. The topological polar surface area (TPSA) is 76.4 Å². The number of nitrogens with one attached hydrogen (secondary N) is 2. The van der Waals surface area contributed by atoms with Crippen LogP contribution in [0.3, 0.4) is 0 Å². The van der Waals surface area contributed by atoms with Crippen molar-refractivity contribution in [2.45, 2.75) is 37.6 Å². The Kier molecular flexibility index (Phi) is 3.44. The number of aromatic nitrogens is 4. The lowest BCUT2D eigenvalue weighted by Gasteiger charge is -2.19. The molecule has 144 valence electrons. The summed E-state index contributed by atoms with van der Waals surface area (Å²) in [5.41, 5.74) is 4.05. The van der Waals surface area contributed by atoms with E-state index in [0.29, 0.717) is 17.4 Å². The van der Waals surface area contributed by atoms with Gasteiger partial charge in [-0.15, -0.1) is 0 Å². The van der Waals surface area contributed by atoms with Crippen molar-refractivity contribution in [3.05, 3.63) is 36.2 Å². The van der Waals surface area contributed by atoms with Crippen LogP contribution in [-0.2, 0) is 0 Å². The van der Waals surface area contributed by atoms with Crippen molar-refractivity contribution in [1.29, 1.82) is 0 Å². The fraction of sp³-hybridized carbons (Fsp3) is 0.476. The van der Waals surface area contributed by atoms with Crippen LogP contribution >= 0.6 is 0 Å². The highest BCUT2D eigenvalue weighted by Gasteiger charge is 2.52. The fourth-order valence-corrected chi connectivity index (χ4v) is 4.42. The van der Waals surface area contributed by atoms with Gasteiger partial charge in [0.1, 0.15) is 23.0 Å². The normalized spacial score (nSPS) is 22.7. The Balaban J connectivity index is 1.36. The van der Waals surface area contributed by atoms with E-state index in [9.17, 15) is 0 Å². The van der Waals surface area contributed by atoms with E-state index in [-0.39, 0.29) is 0 Å². The van der Waals surface area contributed by atoms with E-state index >= 15 is 0 Å². The van der Waals surface area contributed by atoms with Gasteiger partial charge in [-0.05, 0) is 37.8 Å². The molecule has 1 spiro atoms. The molecule has 0 bridgehead atoms. The van der Waals surface area contributed by atoms with Gasteiger partial charge in [-0.3, -0.25) is 0 Å². The molecule has 3 aromatic heterocycles. The van der Waals surface area contributed by atoms with Crippen LogP contribution in [0.25, 0.3) is 17.0 Å². The molecule has 3 aliphatic rings. The Labute approximate surface area is 163 Å². The first-order chi connectivity index (χ1) is 13.8. The molecule has 2 N–H and O–H groups in total. The van der Waals surface area contributed by atoms with Crippen LogP contribution in [0, 0.1) is 5.41 Å². The minimum absolute atomic E-state index is 0.443. The first-order valence-corrected chi connectivity index (χ1v) is 10.1. The van der Waals surface area contributed by atoms with Crippen molar-refractivity contribution < 1.29 is 4.74 Å². The lowest BCUT2D eigenvalue weighted by molar-refractivity contribution is 0.405. The predicted octanol–water partition coefficient (Wildman–Crippen LogP) is 2.84. The summed E-state index contributed by atoms with van der Waals surface area (Å²) in [7, 11) is 1.70. The highest BCUT2D eigenvalue weighted by Crippen LogP contribution is 2.51. The number of anilines is 1. The lowest BCUT2D eigenvalue weighted by Crippen LogP contribution is -2.29. The van der Waals surface area contributed by atoms with Gasteiger partial charge in [0.2, 0.25) is 0 Å². The summed E-state index contributed by atoms with van der Waals surface area (Å²) in [5.74, 6) is 2.25. The summed E-state index contributed by atoms with van der Waals surface area (Å²) in [6.07, 6.45) is 6.81. The third-order valence-electron chi connectivity index (χ3n) is 6.46. The summed E-state index contributed by atoms with van der Waals surface area (Å²) in [6, 6.07) is 8.57. The van der Waals surface area contributed by atoms with Gasteiger partial charge in [0.15, 0.2) is 5.65 Å². The van der Waals surface area contributed by atoms with Crippen LogP contribution in [0.2, 0.25) is 0 Å². The largest absolute Gasteiger partial charge is 0.495 e. The van der Waals surface area contributed by atoms with E-state index in [1.165, 1.54) is 25.7 Å². The summed E-state index contributed by atoms with van der Waals surface area (Å²) in [5, 5.41) is 12.0. The van der Waals surface area contributed by atoms with Gasteiger partial charge in [0.05, 0.1) is 19.0 Å². The zero-order chi connectivity index (χ0) is 18.7. The average molecular weight is 376 g/mol. The second kappa shape index (κ2) is 5.91. The number of hydrogen-bond acceptors (Lipinski definition) is 6. The molecule has 4 heterocycles. The Morgan fingerprint density at radius 1 is 1.29 bits per heavy atom. The van der Waals surface area contributed by atoms with Crippen molar-refractivity contribution in [3.8, 4) is 17.1 Å². The molecule has 28 heavy (non-hydrogen) atoms. The number of rotatable bonds is 5. The maximum Gasteiger partial charge on any atom is 0.157 e. The smallest absolute Gasteiger partial charge is 0.157 e. The molecule has 7 heteroatoms. The standard InChI is InChI=1S/C21H24N6O/c1-28-16-9-19-23-10-15(27(19)26-20(16)13-5-6-13)14-3-2-4-18(24-14)25-17-11-22-12-21(17)7-8-21/h2-4,9-10,13,17,22H,5-8,11-12H2,1H3,(H,24,25). The van der Waals surface area contributed by atoms with Crippen molar-refractivity contribution in [2.24, 2.45) is 5.41 Å². The molecular weight excluding hydrogens is 352 g/mol. The molecule has 3 aromatic rings. The second-order valence-electron chi connectivity index (χ2n) is 8.38. The zero-order valence-electron chi connectivity index (χ0n) is 16.0. The van der Waals surface area contributed by atoms with Gasteiger partial charge in [-0.2, -0.15) is 5.10 Å². The predicted molar refractivity (Wildman–Crippen MR) is 107 cm³/mol. The number of imidazole rings is 1. The molecule has 1 atom stereocenters. The second-order valence-corrected chi connectivity index (χ2v) is 8.38. The van der Waals surface area contributed by atoms with Crippen molar-refractivity contribution in [1.82, 2.24) is 24.9 Å². The molecular formula is C21H24N6O. The highest BCUT2D eigenvalue weighted by atomic mass is 16.5. The molecule has 1 aliphatic heterocycles. The van der Waals surface area contributed by atoms with E-state index in [1.54, 1.807) is 7.11 Å². The number of fused-ring (bicyclic) bond motifs is 1. The third-order valence-corrected chi connectivity index (χ3v) is 6.46. The number of nitrogens with zero attached hydrogens (tertiary/aromatic N) is 4. The van der Waals surface area contributed by atoms with Crippen LogP contribution in [-0.4, -0.2) is 45.8 Å². The van der Waals surface area contributed by atoms with Crippen LogP contribution in [0.5, 0.6) is 5.75 Å². The molecule has 2 aliphatic carbocycles. The van der Waals surface area contributed by atoms with Gasteiger partial charge in [0.25, 0.3) is 0 Å². The van der Waals surface area contributed by atoms with Crippen LogP contribution in [0.4, 0.5) is 5.82 Å². The van der Waals surface area contributed by atoms with Gasteiger partial charge >= 0.3 is 0 Å². The Morgan fingerprint density at radius 3 is 2.96 bits per heavy atom. The molecule has 2 saturated carbocycles. The summed E-state index contributed by atoms with van der Waals surface area (Å²) < 4.78 is 7.45. The van der Waals surface area contributed by atoms with E-state index in [1.807, 2.05) is 28.9 Å². The highest BCUT2D eigenvalue weighted by molar-refractivity contribution is 5.62. The first kappa shape index (κ1) is 16.3. The number of hydrogen-bond donors (Lipinski definition) is 2. The molecule has 6 rings (SSSR count). The lowest BCUT2D eigenvalue weighted by atomic mass is 10.0. The Morgan fingerprint density at radius 2 is 2.18 bits per heavy atom. The molecule has 1 unspecified atom stereocenters. The van der Waals surface area contributed by atoms with Gasteiger partial charge in [-0.1, -0.05) is 6.07 Å². The van der Waals surface area contributed by atoms with E-state index < -0.39 is 0 Å². The summed E-state index contributed by atoms with van der Waals surface area (Å²) in [6.45, 7) is 2.13. The summed E-state index contributed by atoms with van der Waals surface area (Å²) >= 11 is 0.